The Morgan fingerprint density at radius 1 is 1.39 bits per heavy atom. The first-order chi connectivity index (χ1) is 8.24. The van der Waals surface area contributed by atoms with Crippen molar-refractivity contribution in [2.24, 2.45) is 5.92 Å². The molecule has 4 amide bonds. The van der Waals surface area contributed by atoms with E-state index in [1.54, 1.807) is 13.8 Å². The number of nitrogens with one attached hydrogen (secondary N) is 2. The van der Waals surface area contributed by atoms with Crippen LogP contribution in [-0.2, 0) is 9.59 Å². The van der Waals surface area contributed by atoms with Crippen molar-refractivity contribution in [3.8, 4) is 0 Å². The second-order valence-electron chi connectivity index (χ2n) is 5.46. The van der Waals surface area contributed by atoms with E-state index in [0.29, 0.717) is 12.5 Å². The number of carbonyl (C=O) groups excluding carboxylic acids is 3. The van der Waals surface area contributed by atoms with Crippen molar-refractivity contribution in [3.05, 3.63) is 0 Å². The lowest BCUT2D eigenvalue weighted by molar-refractivity contribution is -0.130. The van der Waals surface area contributed by atoms with Gasteiger partial charge in [-0.25, -0.2) is 4.79 Å². The molecular formula is C12H21N3O3. The third-order valence-electron chi connectivity index (χ3n) is 2.71. The fourth-order valence-electron chi connectivity index (χ4n) is 1.64. The maximum Gasteiger partial charge on any atom is 0.325 e. The highest BCUT2D eigenvalue weighted by atomic mass is 16.2. The normalized spacial score (nSPS) is 18.2. The zero-order chi connectivity index (χ0) is 13.9. The highest BCUT2D eigenvalue weighted by molar-refractivity contribution is 6.06. The molecule has 0 radical (unpaired) electrons. The summed E-state index contributed by atoms with van der Waals surface area (Å²) in [6.45, 7) is 8.01. The molecule has 1 saturated heterocycles. The highest BCUT2D eigenvalue weighted by Gasteiger charge is 2.43. The maximum absolute atomic E-state index is 11.8. The van der Waals surface area contributed by atoms with Crippen molar-refractivity contribution >= 4 is 17.8 Å². The Kier molecular flexibility index (Phi) is 4.32. The van der Waals surface area contributed by atoms with Crippen LogP contribution in [-0.4, -0.2) is 41.4 Å². The summed E-state index contributed by atoms with van der Waals surface area (Å²) < 4.78 is 0. The summed E-state index contributed by atoms with van der Waals surface area (Å²) in [5.74, 6) is -0.0530. The zero-order valence-corrected chi connectivity index (χ0v) is 11.4. The molecule has 102 valence electrons. The van der Waals surface area contributed by atoms with Crippen molar-refractivity contribution in [1.29, 1.82) is 0 Å². The van der Waals surface area contributed by atoms with E-state index < -0.39 is 11.6 Å². The number of amides is 4. The van der Waals surface area contributed by atoms with Crippen molar-refractivity contribution < 1.29 is 14.4 Å². The van der Waals surface area contributed by atoms with Gasteiger partial charge in [-0.1, -0.05) is 13.8 Å². The van der Waals surface area contributed by atoms with Crippen LogP contribution in [0, 0.1) is 5.92 Å². The van der Waals surface area contributed by atoms with E-state index in [-0.39, 0.29) is 24.8 Å². The van der Waals surface area contributed by atoms with Gasteiger partial charge in [-0.2, -0.15) is 0 Å². The molecule has 18 heavy (non-hydrogen) atoms. The highest BCUT2D eigenvalue weighted by Crippen LogP contribution is 2.16. The lowest BCUT2D eigenvalue weighted by Gasteiger charge is -2.16. The number of carbonyl (C=O) groups is 3. The minimum Gasteiger partial charge on any atom is -0.356 e. The predicted molar refractivity (Wildman–Crippen MR) is 66.8 cm³/mol. The number of nitrogens with zero attached hydrogens (tertiary/aromatic N) is 1. The molecule has 0 aliphatic carbocycles. The molecule has 1 aliphatic heterocycles. The minimum absolute atomic E-state index is 0.123. The summed E-state index contributed by atoms with van der Waals surface area (Å²) >= 11 is 0. The molecule has 0 atom stereocenters. The van der Waals surface area contributed by atoms with E-state index in [9.17, 15) is 14.4 Å². The first-order valence-electron chi connectivity index (χ1n) is 6.15. The molecule has 2 N–H and O–H groups in total. The van der Waals surface area contributed by atoms with Gasteiger partial charge >= 0.3 is 6.03 Å². The molecule has 0 saturated carbocycles. The van der Waals surface area contributed by atoms with Crippen molar-refractivity contribution in [3.63, 3.8) is 0 Å². The van der Waals surface area contributed by atoms with Gasteiger partial charge in [-0.05, 0) is 19.8 Å². The second-order valence-corrected chi connectivity index (χ2v) is 5.46. The van der Waals surface area contributed by atoms with Gasteiger partial charge < -0.3 is 10.6 Å². The molecule has 1 aliphatic rings. The molecule has 0 bridgehead atoms. The summed E-state index contributed by atoms with van der Waals surface area (Å²) in [7, 11) is 0. The average Bonchev–Trinajstić information content (AvgIpc) is 2.43. The van der Waals surface area contributed by atoms with Gasteiger partial charge in [0.05, 0.1) is 0 Å². The molecule has 0 aromatic rings. The molecule has 1 heterocycles. The topological polar surface area (TPSA) is 78.5 Å². The van der Waals surface area contributed by atoms with Crippen LogP contribution in [0.15, 0.2) is 0 Å². The van der Waals surface area contributed by atoms with E-state index in [2.05, 4.69) is 10.6 Å². The minimum atomic E-state index is -0.870. The van der Waals surface area contributed by atoms with E-state index in [4.69, 9.17) is 0 Å². The monoisotopic (exact) mass is 255 g/mol. The standard InChI is InChI=1S/C12H21N3O3/c1-8(2)7-13-9(16)5-6-15-10(17)12(3,4)14-11(15)18/h8H,5-7H2,1-4H3,(H,13,16)(H,14,18). The van der Waals surface area contributed by atoms with Crippen LogP contribution in [0.3, 0.4) is 0 Å². The molecule has 0 unspecified atom stereocenters. The zero-order valence-electron chi connectivity index (χ0n) is 11.4. The quantitative estimate of drug-likeness (QED) is 0.701. The smallest absolute Gasteiger partial charge is 0.325 e. The van der Waals surface area contributed by atoms with Gasteiger partial charge in [0.25, 0.3) is 5.91 Å². The summed E-state index contributed by atoms with van der Waals surface area (Å²) in [5, 5.41) is 5.32. The van der Waals surface area contributed by atoms with Crippen LogP contribution >= 0.6 is 0 Å². The number of hydrogen-bond acceptors (Lipinski definition) is 3. The van der Waals surface area contributed by atoms with Gasteiger partial charge in [-0.15, -0.1) is 0 Å². The first-order valence-corrected chi connectivity index (χ1v) is 6.15. The Bertz CT molecular complexity index is 364. The lowest BCUT2D eigenvalue weighted by atomic mass is 10.1. The van der Waals surface area contributed by atoms with E-state index >= 15 is 0 Å². The Hall–Kier alpha value is -1.59. The summed E-state index contributed by atoms with van der Waals surface area (Å²) in [6, 6.07) is -0.429. The number of rotatable bonds is 5. The van der Waals surface area contributed by atoms with Crippen LogP contribution in [0.5, 0.6) is 0 Å². The molecule has 1 fully saturated rings. The summed E-state index contributed by atoms with van der Waals surface area (Å²) in [5.41, 5.74) is -0.870. The Morgan fingerprint density at radius 2 is 2.00 bits per heavy atom. The first kappa shape index (κ1) is 14.5. The predicted octanol–water partition coefficient (Wildman–Crippen LogP) is 0.479. The Labute approximate surface area is 107 Å². The fraction of sp³-hybridized carbons (Fsp3) is 0.750. The van der Waals surface area contributed by atoms with Crippen LogP contribution in [0.25, 0.3) is 0 Å². The van der Waals surface area contributed by atoms with Gasteiger partial charge in [-0.3, -0.25) is 14.5 Å². The number of hydrogen-bond donors (Lipinski definition) is 2. The lowest BCUT2D eigenvalue weighted by Crippen LogP contribution is -2.40. The third-order valence-corrected chi connectivity index (χ3v) is 2.71. The average molecular weight is 255 g/mol. The van der Waals surface area contributed by atoms with Crippen molar-refractivity contribution in [1.82, 2.24) is 15.5 Å². The molecule has 1 rings (SSSR count). The molecule has 0 aromatic carbocycles. The third kappa shape index (κ3) is 3.45. The Morgan fingerprint density at radius 3 is 2.44 bits per heavy atom. The molecule has 6 nitrogen and oxygen atoms in total. The fourth-order valence-corrected chi connectivity index (χ4v) is 1.64. The van der Waals surface area contributed by atoms with E-state index in [0.717, 1.165) is 4.90 Å². The second kappa shape index (κ2) is 5.37. The summed E-state index contributed by atoms with van der Waals surface area (Å²) in [4.78, 5) is 36.0. The SMILES string of the molecule is CC(C)CNC(=O)CCN1C(=O)NC(C)(C)C1=O. The van der Waals surface area contributed by atoms with Crippen molar-refractivity contribution in [2.75, 3.05) is 13.1 Å². The molecular weight excluding hydrogens is 234 g/mol. The van der Waals surface area contributed by atoms with Gasteiger partial charge in [0.2, 0.25) is 5.91 Å². The van der Waals surface area contributed by atoms with Gasteiger partial charge in [0, 0.05) is 19.5 Å². The van der Waals surface area contributed by atoms with Crippen LogP contribution in [0.4, 0.5) is 4.79 Å². The van der Waals surface area contributed by atoms with Crippen molar-refractivity contribution in [2.45, 2.75) is 39.7 Å². The van der Waals surface area contributed by atoms with Crippen LogP contribution in [0.2, 0.25) is 0 Å². The molecule has 0 spiro atoms. The maximum atomic E-state index is 11.8. The largest absolute Gasteiger partial charge is 0.356 e. The van der Waals surface area contributed by atoms with Crippen LogP contribution < -0.4 is 10.6 Å². The molecule has 0 aromatic heterocycles. The Balaban J connectivity index is 2.42. The number of imide groups is 1. The van der Waals surface area contributed by atoms with Gasteiger partial charge in [0.1, 0.15) is 5.54 Å². The molecule has 6 heteroatoms. The van der Waals surface area contributed by atoms with E-state index in [1.165, 1.54) is 0 Å². The summed E-state index contributed by atoms with van der Waals surface area (Å²) in [6.07, 6.45) is 0.141. The van der Waals surface area contributed by atoms with Crippen LogP contribution in [0.1, 0.15) is 34.1 Å². The van der Waals surface area contributed by atoms with E-state index in [1.807, 2.05) is 13.8 Å². The van der Waals surface area contributed by atoms with Gasteiger partial charge in [0.15, 0.2) is 0 Å². The number of urea groups is 1.